The molecule has 6 unspecified atom stereocenters. The third kappa shape index (κ3) is 13.5. The molecule has 6 atom stereocenters. The second kappa shape index (κ2) is 14.6. The van der Waals surface area contributed by atoms with Crippen LogP contribution in [0, 0.1) is 32.5 Å². The minimum atomic E-state index is -2.68. The molecule has 40 heavy (non-hydrogen) atoms. The van der Waals surface area contributed by atoms with Gasteiger partial charge in [0.05, 0.1) is 0 Å². The molecule has 0 rings (SSSR count). The van der Waals surface area contributed by atoms with Crippen molar-refractivity contribution in [1.82, 2.24) is 0 Å². The number of aliphatic hydroxyl groups excluding tert-OH is 6. The van der Waals surface area contributed by atoms with E-state index in [-0.39, 0.29) is 16.2 Å². The van der Waals surface area contributed by atoms with Gasteiger partial charge in [0.15, 0.2) is 0 Å². The summed E-state index contributed by atoms with van der Waals surface area (Å²) in [6.07, 6.45) is -2.96. The zero-order valence-electron chi connectivity index (χ0n) is 29.0. The van der Waals surface area contributed by atoms with Gasteiger partial charge in [0, 0.05) is 0 Å². The molecule has 0 radical (unpaired) electrons. The fraction of sp³-hybridized carbons (Fsp3) is 1.00. The normalized spacial score (nSPS) is 19.1. The predicted molar refractivity (Wildman–Crippen MR) is 170 cm³/mol. The molecule has 0 bridgehead atoms. The van der Waals surface area contributed by atoms with Crippen molar-refractivity contribution in [2.45, 2.75) is 172 Å². The summed E-state index contributed by atoms with van der Waals surface area (Å²) in [5, 5.41) is 66.0. The van der Waals surface area contributed by atoms with Crippen molar-refractivity contribution < 1.29 is 30.6 Å². The predicted octanol–water partition coefficient (Wildman–Crippen LogP) is 6.03. The van der Waals surface area contributed by atoms with Crippen molar-refractivity contribution in [1.29, 1.82) is 0 Å². The van der Waals surface area contributed by atoms with Gasteiger partial charge in [-0.05, 0) is 0 Å². The Kier molecular flexibility index (Phi) is 14.8. The average Bonchev–Trinajstić information content (AvgIpc) is 2.70. The Balaban J connectivity index is 6.10. The summed E-state index contributed by atoms with van der Waals surface area (Å²) in [5.74, 6) is 0. The summed E-state index contributed by atoms with van der Waals surface area (Å²) in [6, 6.07) is 0. The van der Waals surface area contributed by atoms with E-state index in [1.807, 2.05) is 62.3 Å². The van der Waals surface area contributed by atoms with Crippen molar-refractivity contribution in [3.8, 4) is 0 Å². The first-order chi connectivity index (χ1) is 17.4. The molecular weight excluding hydrogens is 607 g/mol. The summed E-state index contributed by atoms with van der Waals surface area (Å²) in [6.45, 7) is 30.3. The van der Waals surface area contributed by atoms with Crippen LogP contribution in [-0.2, 0) is 0 Å². The third-order valence-corrected chi connectivity index (χ3v) is 23.4. The van der Waals surface area contributed by atoms with Gasteiger partial charge in [0.1, 0.15) is 0 Å². The van der Waals surface area contributed by atoms with Gasteiger partial charge < -0.3 is 0 Å². The van der Waals surface area contributed by atoms with Gasteiger partial charge in [0.25, 0.3) is 0 Å². The van der Waals surface area contributed by atoms with E-state index in [9.17, 15) is 30.6 Å². The molecule has 0 aliphatic rings. The van der Waals surface area contributed by atoms with Crippen LogP contribution in [0.2, 0.25) is 12.5 Å². The molecule has 6 N–H and O–H groups in total. The summed E-state index contributed by atoms with van der Waals surface area (Å²) >= 11 is -2.68. The van der Waals surface area contributed by atoms with Crippen LogP contribution >= 0.6 is 0 Å². The van der Waals surface area contributed by atoms with Gasteiger partial charge in [-0.25, -0.2) is 0 Å². The summed E-state index contributed by atoms with van der Waals surface area (Å²) < 4.78 is 2.55. The van der Waals surface area contributed by atoms with Gasteiger partial charge in [0.2, 0.25) is 0 Å². The molecule has 0 aliphatic carbocycles. The van der Waals surface area contributed by atoms with Crippen molar-refractivity contribution in [3.63, 3.8) is 0 Å². The number of aliphatic hydroxyl groups is 6. The Bertz CT molecular complexity index is 644. The van der Waals surface area contributed by atoms with Crippen LogP contribution in [0.25, 0.3) is 0 Å². The first kappa shape index (κ1) is 40.6. The Labute approximate surface area is 255 Å². The molecule has 0 fully saturated rings. The summed E-state index contributed by atoms with van der Waals surface area (Å²) in [7, 11) is 0. The van der Waals surface area contributed by atoms with Gasteiger partial charge in [-0.2, -0.15) is 0 Å². The fourth-order valence-corrected chi connectivity index (χ4v) is 21.8. The first-order valence-electron chi connectivity index (χ1n) is 15.5. The van der Waals surface area contributed by atoms with Crippen LogP contribution in [0.4, 0.5) is 0 Å². The van der Waals surface area contributed by atoms with Crippen LogP contribution in [-0.4, -0.2) is 88.7 Å². The van der Waals surface area contributed by atoms with E-state index in [4.69, 9.17) is 0 Å². The van der Waals surface area contributed by atoms with Crippen molar-refractivity contribution in [2.75, 3.05) is 0 Å². The monoisotopic (exact) mass is 676 g/mol. The maximum absolute atomic E-state index is 11.3. The summed E-state index contributed by atoms with van der Waals surface area (Å²) in [4.78, 5) is 0. The Hall–Kier alpha value is 0.630. The van der Waals surface area contributed by atoms with Gasteiger partial charge in [-0.3, -0.25) is 0 Å². The average molecular weight is 677 g/mol. The number of hydrogen-bond donors (Lipinski definition) is 6. The molecular formula is C33H69InO6. The Morgan fingerprint density at radius 3 is 0.675 bits per heavy atom. The molecule has 0 aliphatic heterocycles. The second-order valence-corrected chi connectivity index (χ2v) is 26.8. The molecule has 6 nitrogen and oxygen atoms in total. The standard InChI is InChI=1S/3C11H23O2.In/c3*1-10(2,3)8(12)7-9(13)11(4,5)6;/h3*8-9,12-13H,1,7H2,2-6H3;. The van der Waals surface area contributed by atoms with Crippen LogP contribution in [0.5, 0.6) is 0 Å². The molecule has 0 spiro atoms. The zero-order chi connectivity index (χ0) is 32.3. The van der Waals surface area contributed by atoms with Crippen LogP contribution in [0.1, 0.15) is 123 Å². The number of hydrogen-bond acceptors (Lipinski definition) is 6. The Morgan fingerprint density at radius 2 is 0.525 bits per heavy atom. The molecule has 0 aromatic heterocycles. The van der Waals surface area contributed by atoms with Gasteiger partial charge in [-0.15, -0.1) is 0 Å². The van der Waals surface area contributed by atoms with E-state index in [0.717, 1.165) is 12.5 Å². The van der Waals surface area contributed by atoms with Crippen molar-refractivity contribution in [2.24, 2.45) is 32.5 Å². The summed E-state index contributed by atoms with van der Waals surface area (Å²) in [5.41, 5.74) is -2.24. The molecule has 7 heteroatoms. The van der Waals surface area contributed by atoms with Crippen LogP contribution < -0.4 is 0 Å². The van der Waals surface area contributed by atoms with E-state index in [0.29, 0.717) is 19.3 Å². The minimum absolute atomic E-state index is 0.308. The molecule has 240 valence electrons. The fourth-order valence-electron chi connectivity index (χ4n) is 5.51. The van der Waals surface area contributed by atoms with E-state index in [1.54, 1.807) is 0 Å². The van der Waals surface area contributed by atoms with E-state index in [1.165, 1.54) is 0 Å². The molecule has 0 saturated heterocycles. The van der Waals surface area contributed by atoms with E-state index >= 15 is 0 Å². The Morgan fingerprint density at radius 1 is 0.350 bits per heavy atom. The topological polar surface area (TPSA) is 121 Å². The molecule has 0 heterocycles. The van der Waals surface area contributed by atoms with E-state index in [2.05, 4.69) is 41.5 Å². The second-order valence-electron chi connectivity index (χ2n) is 18.3. The zero-order valence-corrected chi connectivity index (χ0v) is 32.3. The van der Waals surface area contributed by atoms with Crippen molar-refractivity contribution in [3.05, 3.63) is 0 Å². The van der Waals surface area contributed by atoms with Gasteiger partial charge >= 0.3 is 257 Å². The molecule has 0 amide bonds. The van der Waals surface area contributed by atoms with Crippen LogP contribution in [0.3, 0.4) is 0 Å². The SMILES string of the molecule is CC(C)(C)C(O)CC(O)C(C)(C)[CH2][In]([CH2]C(C)(C)C(O)CC(O)C(C)(C)C)[CH2]C(C)(C)C(O)CC(O)C(C)(C)C. The molecule has 0 aromatic rings. The molecule has 0 saturated carbocycles. The van der Waals surface area contributed by atoms with Crippen molar-refractivity contribution >= 4 is 21.4 Å². The quantitative estimate of drug-likeness (QED) is 0.126. The van der Waals surface area contributed by atoms with E-state index < -0.39 is 74.3 Å². The maximum atomic E-state index is 11.3. The van der Waals surface area contributed by atoms with Crippen LogP contribution in [0.15, 0.2) is 0 Å². The first-order valence-corrected chi connectivity index (χ1v) is 22.5. The van der Waals surface area contributed by atoms with Gasteiger partial charge in [-0.1, -0.05) is 0 Å². The molecule has 0 aromatic carbocycles. The number of rotatable bonds is 15. The third-order valence-electron chi connectivity index (χ3n) is 9.49.